The zero-order valence-corrected chi connectivity index (χ0v) is 7.90. The molecule has 2 heteroatoms. The molecule has 0 radical (unpaired) electrons. The summed E-state index contributed by atoms with van der Waals surface area (Å²) in [5.41, 5.74) is 0.577. The van der Waals surface area contributed by atoms with Crippen LogP contribution in [0.5, 0.6) is 0 Å². The number of benzene rings is 1. The van der Waals surface area contributed by atoms with E-state index in [1.165, 1.54) is 0 Å². The van der Waals surface area contributed by atoms with Gasteiger partial charge in [0.05, 0.1) is 12.2 Å². The molecular formula is C12H12O2. The second-order valence-electron chi connectivity index (χ2n) is 2.81. The summed E-state index contributed by atoms with van der Waals surface area (Å²) in [6.45, 7) is 0.387. The molecule has 14 heavy (non-hydrogen) atoms. The zero-order chi connectivity index (χ0) is 10.2. The minimum Gasteiger partial charge on any atom is -0.462 e. The fraction of sp³-hybridized carbons (Fsp3) is 0.250. The fourth-order valence-corrected chi connectivity index (χ4v) is 0.997. The van der Waals surface area contributed by atoms with Gasteiger partial charge in [0.1, 0.15) is 0 Å². The number of rotatable bonds is 4. The molecule has 0 N–H and O–H groups in total. The standard InChI is InChI=1S/C12H12O2/c1-2-3-7-10-14-12(13)11-8-5-4-6-9-11/h1,4-6,8-9H,3,7,10H2. The molecule has 72 valence electrons. The Hall–Kier alpha value is -1.75. The van der Waals surface area contributed by atoms with Crippen molar-refractivity contribution in [3.63, 3.8) is 0 Å². The number of carbonyl (C=O) groups excluding carboxylic acids is 1. The molecule has 0 amide bonds. The van der Waals surface area contributed by atoms with Crippen LogP contribution in [0.3, 0.4) is 0 Å². The number of hydrogen-bond donors (Lipinski definition) is 0. The Bertz CT molecular complexity index is 322. The first-order chi connectivity index (χ1) is 6.84. The van der Waals surface area contributed by atoms with E-state index in [1.54, 1.807) is 24.3 Å². The molecule has 0 aromatic heterocycles. The van der Waals surface area contributed by atoms with E-state index in [9.17, 15) is 4.79 Å². The van der Waals surface area contributed by atoms with Gasteiger partial charge in [0.2, 0.25) is 0 Å². The van der Waals surface area contributed by atoms with Crippen LogP contribution in [0.15, 0.2) is 30.3 Å². The van der Waals surface area contributed by atoms with Gasteiger partial charge in [-0.2, -0.15) is 0 Å². The molecule has 0 bridgehead atoms. The quantitative estimate of drug-likeness (QED) is 0.411. The SMILES string of the molecule is C#CCCCOC(=O)c1ccccc1. The Kier molecular flexibility index (Phi) is 4.30. The Balaban J connectivity index is 2.33. The fourth-order valence-electron chi connectivity index (χ4n) is 0.997. The summed E-state index contributed by atoms with van der Waals surface area (Å²) in [5, 5.41) is 0. The maximum atomic E-state index is 11.3. The van der Waals surface area contributed by atoms with Crippen LogP contribution in [-0.2, 0) is 4.74 Å². The van der Waals surface area contributed by atoms with Gasteiger partial charge in [-0.25, -0.2) is 4.79 Å². The summed E-state index contributed by atoms with van der Waals surface area (Å²) in [4.78, 5) is 11.3. The molecule has 0 saturated heterocycles. The van der Waals surface area contributed by atoms with E-state index in [2.05, 4.69) is 5.92 Å². The van der Waals surface area contributed by atoms with Crippen molar-refractivity contribution in [2.75, 3.05) is 6.61 Å². The van der Waals surface area contributed by atoms with Crippen LogP contribution in [0.25, 0.3) is 0 Å². The number of terminal acetylenes is 1. The van der Waals surface area contributed by atoms with Gasteiger partial charge in [-0.1, -0.05) is 18.2 Å². The monoisotopic (exact) mass is 188 g/mol. The van der Waals surface area contributed by atoms with E-state index in [4.69, 9.17) is 11.2 Å². The number of ether oxygens (including phenoxy) is 1. The lowest BCUT2D eigenvalue weighted by Crippen LogP contribution is -2.05. The number of hydrogen-bond acceptors (Lipinski definition) is 2. The molecule has 2 nitrogen and oxygen atoms in total. The van der Waals surface area contributed by atoms with Gasteiger partial charge in [0, 0.05) is 6.42 Å². The van der Waals surface area contributed by atoms with E-state index >= 15 is 0 Å². The molecule has 1 rings (SSSR count). The first-order valence-corrected chi connectivity index (χ1v) is 4.50. The summed E-state index contributed by atoms with van der Waals surface area (Å²) in [5.74, 6) is 2.20. The zero-order valence-electron chi connectivity index (χ0n) is 7.90. The summed E-state index contributed by atoms with van der Waals surface area (Å²) in [7, 11) is 0. The highest BCUT2D eigenvalue weighted by atomic mass is 16.5. The molecule has 0 aliphatic rings. The van der Waals surface area contributed by atoms with E-state index < -0.39 is 0 Å². The average Bonchev–Trinajstić information content (AvgIpc) is 2.25. The molecule has 1 aromatic rings. The van der Waals surface area contributed by atoms with Crippen molar-refractivity contribution in [3.8, 4) is 12.3 Å². The highest BCUT2D eigenvalue weighted by molar-refractivity contribution is 5.89. The van der Waals surface area contributed by atoms with Crippen LogP contribution >= 0.6 is 0 Å². The molecule has 0 fully saturated rings. The minimum atomic E-state index is -0.289. The van der Waals surface area contributed by atoms with Crippen LogP contribution in [0.1, 0.15) is 23.2 Å². The van der Waals surface area contributed by atoms with Crippen LogP contribution in [0.2, 0.25) is 0 Å². The summed E-state index contributed by atoms with van der Waals surface area (Å²) in [6.07, 6.45) is 6.42. The third-order valence-electron chi connectivity index (χ3n) is 1.71. The first kappa shape index (κ1) is 10.3. The third-order valence-corrected chi connectivity index (χ3v) is 1.71. The van der Waals surface area contributed by atoms with Crippen molar-refractivity contribution in [2.45, 2.75) is 12.8 Å². The van der Waals surface area contributed by atoms with Crippen LogP contribution < -0.4 is 0 Å². The largest absolute Gasteiger partial charge is 0.462 e. The lowest BCUT2D eigenvalue weighted by atomic mass is 10.2. The van der Waals surface area contributed by atoms with Crippen LogP contribution in [-0.4, -0.2) is 12.6 Å². The normalized spacial score (nSPS) is 9.07. The highest BCUT2D eigenvalue weighted by Gasteiger charge is 2.04. The maximum absolute atomic E-state index is 11.3. The molecule has 0 heterocycles. The van der Waals surface area contributed by atoms with E-state index in [0.29, 0.717) is 18.6 Å². The van der Waals surface area contributed by atoms with Gasteiger partial charge in [0.25, 0.3) is 0 Å². The topological polar surface area (TPSA) is 26.3 Å². The van der Waals surface area contributed by atoms with Crippen LogP contribution in [0.4, 0.5) is 0 Å². The summed E-state index contributed by atoms with van der Waals surface area (Å²) in [6, 6.07) is 8.91. The number of esters is 1. The van der Waals surface area contributed by atoms with E-state index in [1.807, 2.05) is 6.07 Å². The molecule has 0 aliphatic carbocycles. The van der Waals surface area contributed by atoms with Crippen molar-refractivity contribution < 1.29 is 9.53 Å². The number of unbranched alkanes of at least 4 members (excludes halogenated alkanes) is 1. The van der Waals surface area contributed by atoms with Crippen molar-refractivity contribution >= 4 is 5.97 Å². The average molecular weight is 188 g/mol. The Morgan fingerprint density at radius 2 is 2.07 bits per heavy atom. The Labute approximate surface area is 83.9 Å². The van der Waals surface area contributed by atoms with Gasteiger partial charge < -0.3 is 4.74 Å². The van der Waals surface area contributed by atoms with Crippen molar-refractivity contribution in [2.24, 2.45) is 0 Å². The van der Waals surface area contributed by atoms with E-state index in [-0.39, 0.29) is 5.97 Å². The Morgan fingerprint density at radius 3 is 2.71 bits per heavy atom. The summed E-state index contributed by atoms with van der Waals surface area (Å²) < 4.78 is 5.00. The molecule has 0 unspecified atom stereocenters. The van der Waals surface area contributed by atoms with Gasteiger partial charge in [-0.05, 0) is 18.6 Å². The molecule has 0 aliphatic heterocycles. The molecule has 1 aromatic carbocycles. The second kappa shape index (κ2) is 5.82. The molecular weight excluding hydrogens is 176 g/mol. The van der Waals surface area contributed by atoms with Crippen molar-refractivity contribution in [1.29, 1.82) is 0 Å². The maximum Gasteiger partial charge on any atom is 0.338 e. The number of carbonyl (C=O) groups is 1. The highest BCUT2D eigenvalue weighted by Crippen LogP contribution is 2.01. The van der Waals surface area contributed by atoms with Gasteiger partial charge in [-0.15, -0.1) is 12.3 Å². The molecule has 0 spiro atoms. The lowest BCUT2D eigenvalue weighted by Gasteiger charge is -2.02. The molecule has 0 atom stereocenters. The van der Waals surface area contributed by atoms with E-state index in [0.717, 1.165) is 6.42 Å². The van der Waals surface area contributed by atoms with Crippen molar-refractivity contribution in [1.82, 2.24) is 0 Å². The van der Waals surface area contributed by atoms with Gasteiger partial charge in [-0.3, -0.25) is 0 Å². The second-order valence-corrected chi connectivity index (χ2v) is 2.81. The summed E-state index contributed by atoms with van der Waals surface area (Å²) >= 11 is 0. The van der Waals surface area contributed by atoms with Crippen LogP contribution in [0, 0.1) is 12.3 Å². The van der Waals surface area contributed by atoms with Gasteiger partial charge >= 0.3 is 5.97 Å². The van der Waals surface area contributed by atoms with Gasteiger partial charge in [0.15, 0.2) is 0 Å². The lowest BCUT2D eigenvalue weighted by molar-refractivity contribution is 0.0502. The first-order valence-electron chi connectivity index (χ1n) is 4.50. The predicted molar refractivity (Wildman–Crippen MR) is 54.8 cm³/mol. The third kappa shape index (κ3) is 3.32. The molecule has 0 saturated carbocycles. The predicted octanol–water partition coefficient (Wildman–Crippen LogP) is 2.26. The smallest absolute Gasteiger partial charge is 0.338 e. The minimum absolute atomic E-state index is 0.289. The Morgan fingerprint density at radius 1 is 1.36 bits per heavy atom. The van der Waals surface area contributed by atoms with Crippen molar-refractivity contribution in [3.05, 3.63) is 35.9 Å².